The third kappa shape index (κ3) is 4.10. The minimum atomic E-state index is -0.503. The van der Waals surface area contributed by atoms with Gasteiger partial charge in [-0.3, -0.25) is 4.79 Å². The smallest absolute Gasteiger partial charge is 0.147 e. The fraction of sp³-hybridized carbons (Fsp3) is 0.235. The summed E-state index contributed by atoms with van der Waals surface area (Å²) < 4.78 is 5.83. The highest BCUT2D eigenvalue weighted by atomic mass is 35.5. The topological polar surface area (TPSA) is 26.3 Å². The van der Waals surface area contributed by atoms with Crippen LogP contribution in [0.15, 0.2) is 54.6 Å². The first-order valence-corrected chi connectivity index (χ1v) is 6.99. The van der Waals surface area contributed by atoms with Gasteiger partial charge in [0.05, 0.1) is 5.38 Å². The molecule has 1 unspecified atom stereocenters. The van der Waals surface area contributed by atoms with E-state index in [1.165, 1.54) is 6.92 Å². The van der Waals surface area contributed by atoms with E-state index in [4.69, 9.17) is 16.3 Å². The van der Waals surface area contributed by atoms with Gasteiger partial charge in [-0.1, -0.05) is 48.5 Å². The Hall–Kier alpha value is -1.80. The summed E-state index contributed by atoms with van der Waals surface area (Å²) in [4.78, 5) is 11.3. The summed E-state index contributed by atoms with van der Waals surface area (Å²) in [5, 5.41) is -0.503. The summed E-state index contributed by atoms with van der Waals surface area (Å²) in [7, 11) is 0. The number of ether oxygens (including phenoxy) is 1. The Balaban J connectivity index is 2.06. The summed E-state index contributed by atoms with van der Waals surface area (Å²) in [5.41, 5.74) is 2.06. The van der Waals surface area contributed by atoms with Crippen molar-refractivity contribution in [1.82, 2.24) is 0 Å². The quantitative estimate of drug-likeness (QED) is 0.751. The molecule has 2 rings (SSSR count). The van der Waals surface area contributed by atoms with Crippen LogP contribution in [0.5, 0.6) is 5.75 Å². The number of carbonyl (C=O) groups excluding carboxylic acids is 1. The lowest BCUT2D eigenvalue weighted by atomic mass is 10.1. The Morgan fingerprint density at radius 2 is 1.75 bits per heavy atom. The van der Waals surface area contributed by atoms with Gasteiger partial charge >= 0.3 is 0 Å². The second-order valence-electron chi connectivity index (χ2n) is 4.66. The highest BCUT2D eigenvalue weighted by Gasteiger charge is 2.14. The third-order valence-corrected chi connectivity index (χ3v) is 3.51. The van der Waals surface area contributed by atoms with Gasteiger partial charge in [0.1, 0.15) is 18.1 Å². The molecule has 3 heteroatoms. The maximum absolute atomic E-state index is 11.3. The van der Waals surface area contributed by atoms with Crippen molar-refractivity contribution in [1.29, 1.82) is 0 Å². The number of halogens is 1. The van der Waals surface area contributed by atoms with E-state index in [-0.39, 0.29) is 5.78 Å². The zero-order valence-electron chi connectivity index (χ0n) is 11.4. The van der Waals surface area contributed by atoms with Gasteiger partial charge in [-0.15, -0.1) is 11.6 Å². The number of Topliss-reactive ketones (excluding diaryl/α,β-unsaturated/α-hetero) is 1. The number of carbonyl (C=O) groups is 1. The van der Waals surface area contributed by atoms with Gasteiger partial charge in [0.25, 0.3) is 0 Å². The molecule has 2 aromatic carbocycles. The lowest BCUT2D eigenvalue weighted by Gasteiger charge is -2.13. The third-order valence-electron chi connectivity index (χ3n) is 3.05. The van der Waals surface area contributed by atoms with Gasteiger partial charge in [0.2, 0.25) is 0 Å². The van der Waals surface area contributed by atoms with Crippen LogP contribution in [0.3, 0.4) is 0 Å². The average molecular weight is 289 g/mol. The molecule has 0 aliphatic rings. The standard InChI is InChI=1S/C17H17ClO2/c1-13(19)16(18)11-15-9-5-6-10-17(15)20-12-14-7-3-2-4-8-14/h2-10,16H,11-12H2,1H3. The van der Waals surface area contributed by atoms with Crippen LogP contribution in [0, 0.1) is 0 Å². The molecule has 0 spiro atoms. The first-order valence-electron chi connectivity index (χ1n) is 6.56. The van der Waals surface area contributed by atoms with Crippen LogP contribution in [0.2, 0.25) is 0 Å². The van der Waals surface area contributed by atoms with Crippen LogP contribution < -0.4 is 4.74 Å². The molecule has 2 nitrogen and oxygen atoms in total. The van der Waals surface area contributed by atoms with Crippen molar-refractivity contribution in [3.63, 3.8) is 0 Å². The number of hydrogen-bond donors (Lipinski definition) is 0. The first kappa shape index (κ1) is 14.6. The number of alkyl halides is 1. The molecule has 1 atom stereocenters. The zero-order valence-corrected chi connectivity index (χ0v) is 12.1. The molecule has 0 fully saturated rings. The van der Waals surface area contributed by atoms with Crippen LogP contribution in [-0.2, 0) is 17.8 Å². The second kappa shape index (κ2) is 7.11. The summed E-state index contributed by atoms with van der Waals surface area (Å²) in [6, 6.07) is 17.7. The van der Waals surface area contributed by atoms with Gasteiger partial charge in [0.15, 0.2) is 0 Å². The van der Waals surface area contributed by atoms with Gasteiger partial charge in [0, 0.05) is 0 Å². The monoisotopic (exact) mass is 288 g/mol. The van der Waals surface area contributed by atoms with E-state index in [2.05, 4.69) is 0 Å². The van der Waals surface area contributed by atoms with Crippen molar-refractivity contribution in [3.05, 3.63) is 65.7 Å². The molecule has 0 aliphatic carbocycles. The Morgan fingerprint density at radius 1 is 1.10 bits per heavy atom. The molecule has 0 bridgehead atoms. The van der Waals surface area contributed by atoms with Crippen LogP contribution in [-0.4, -0.2) is 11.2 Å². The van der Waals surface area contributed by atoms with Crippen LogP contribution in [0.25, 0.3) is 0 Å². The second-order valence-corrected chi connectivity index (χ2v) is 5.19. The first-order chi connectivity index (χ1) is 9.66. The summed E-state index contributed by atoms with van der Waals surface area (Å²) in [5.74, 6) is 0.757. The summed E-state index contributed by atoms with van der Waals surface area (Å²) >= 11 is 6.03. The highest BCUT2D eigenvalue weighted by Crippen LogP contribution is 2.22. The normalized spacial score (nSPS) is 11.9. The number of ketones is 1. The minimum absolute atomic E-state index is 0.0236. The number of hydrogen-bond acceptors (Lipinski definition) is 2. The predicted octanol–water partition coefficient (Wildman–Crippen LogP) is 4.00. The lowest BCUT2D eigenvalue weighted by molar-refractivity contribution is -0.116. The number of benzene rings is 2. The van der Waals surface area contributed by atoms with Crippen molar-refractivity contribution in [2.24, 2.45) is 0 Å². The van der Waals surface area contributed by atoms with E-state index in [1.54, 1.807) is 0 Å². The van der Waals surface area contributed by atoms with E-state index in [9.17, 15) is 4.79 Å². The van der Waals surface area contributed by atoms with E-state index in [1.807, 2.05) is 54.6 Å². The molecule has 0 aromatic heterocycles. The number of para-hydroxylation sites is 1. The van der Waals surface area contributed by atoms with Crippen molar-refractivity contribution < 1.29 is 9.53 Å². The van der Waals surface area contributed by atoms with Crippen molar-refractivity contribution in [2.75, 3.05) is 0 Å². The van der Waals surface area contributed by atoms with Crippen LogP contribution in [0.4, 0.5) is 0 Å². The van der Waals surface area contributed by atoms with Crippen LogP contribution >= 0.6 is 11.6 Å². The minimum Gasteiger partial charge on any atom is -0.489 e. The Labute approximate surface area is 124 Å². The molecule has 2 aromatic rings. The fourth-order valence-electron chi connectivity index (χ4n) is 1.89. The van der Waals surface area contributed by atoms with E-state index in [0.29, 0.717) is 13.0 Å². The highest BCUT2D eigenvalue weighted by molar-refractivity contribution is 6.30. The van der Waals surface area contributed by atoms with E-state index in [0.717, 1.165) is 16.9 Å². The Kier molecular flexibility index (Phi) is 5.19. The van der Waals surface area contributed by atoms with Gasteiger partial charge in [-0.25, -0.2) is 0 Å². The zero-order chi connectivity index (χ0) is 14.4. The summed E-state index contributed by atoms with van der Waals surface area (Å²) in [6.07, 6.45) is 0.488. The van der Waals surface area contributed by atoms with E-state index >= 15 is 0 Å². The molecule has 20 heavy (non-hydrogen) atoms. The molecule has 0 heterocycles. The molecule has 0 radical (unpaired) electrons. The van der Waals surface area contributed by atoms with Crippen molar-refractivity contribution in [2.45, 2.75) is 25.3 Å². The van der Waals surface area contributed by atoms with Crippen LogP contribution in [0.1, 0.15) is 18.1 Å². The maximum Gasteiger partial charge on any atom is 0.147 e. The number of rotatable bonds is 6. The molecule has 0 saturated carbocycles. The van der Waals surface area contributed by atoms with Gasteiger partial charge in [-0.2, -0.15) is 0 Å². The molecule has 0 amide bonds. The molecular formula is C17H17ClO2. The molecule has 0 saturated heterocycles. The van der Waals surface area contributed by atoms with Crippen molar-refractivity contribution >= 4 is 17.4 Å². The lowest BCUT2D eigenvalue weighted by Crippen LogP contribution is -2.14. The molecule has 104 valence electrons. The predicted molar refractivity (Wildman–Crippen MR) is 81.2 cm³/mol. The van der Waals surface area contributed by atoms with Gasteiger partial charge in [-0.05, 0) is 30.5 Å². The van der Waals surface area contributed by atoms with Crippen molar-refractivity contribution in [3.8, 4) is 5.75 Å². The fourth-order valence-corrected chi connectivity index (χ4v) is 2.05. The Morgan fingerprint density at radius 3 is 2.45 bits per heavy atom. The summed E-state index contributed by atoms with van der Waals surface area (Å²) in [6.45, 7) is 2.01. The molecule has 0 N–H and O–H groups in total. The SMILES string of the molecule is CC(=O)C(Cl)Cc1ccccc1OCc1ccccc1. The average Bonchev–Trinajstić information content (AvgIpc) is 2.47. The molecular weight excluding hydrogens is 272 g/mol. The molecule has 0 aliphatic heterocycles. The van der Waals surface area contributed by atoms with E-state index < -0.39 is 5.38 Å². The van der Waals surface area contributed by atoms with Gasteiger partial charge < -0.3 is 4.74 Å². The Bertz CT molecular complexity index is 566. The largest absolute Gasteiger partial charge is 0.489 e. The maximum atomic E-state index is 11.3.